The second-order valence-corrected chi connectivity index (χ2v) is 4.92. The third kappa shape index (κ3) is 3.65. The fraction of sp³-hybridized carbons (Fsp3) is 0.500. The van der Waals surface area contributed by atoms with Gasteiger partial charge >= 0.3 is 0 Å². The van der Waals surface area contributed by atoms with Crippen molar-refractivity contribution in [3.05, 3.63) is 23.4 Å². The molecule has 0 fully saturated rings. The Hall–Kier alpha value is -0.290. The minimum atomic E-state index is -0.300. The lowest BCUT2D eigenvalue weighted by Gasteiger charge is -2.26. The van der Waals surface area contributed by atoms with Crippen molar-refractivity contribution in [1.82, 2.24) is 10.3 Å². The molecule has 0 bridgehead atoms. The third-order valence-corrected chi connectivity index (χ3v) is 4.00. The number of hydrogen-bond acceptors (Lipinski definition) is 4. The third-order valence-electron chi connectivity index (χ3n) is 2.20. The van der Waals surface area contributed by atoms with E-state index in [1.807, 2.05) is 20.0 Å². The van der Waals surface area contributed by atoms with Crippen molar-refractivity contribution in [1.29, 1.82) is 0 Å². The fourth-order valence-electron chi connectivity index (χ4n) is 0.902. The summed E-state index contributed by atoms with van der Waals surface area (Å²) in [6, 6.07) is 3.61. The molecule has 0 aliphatic carbocycles. The van der Waals surface area contributed by atoms with Gasteiger partial charge in [0.25, 0.3) is 0 Å². The minimum Gasteiger partial charge on any atom is -0.394 e. The van der Waals surface area contributed by atoms with Gasteiger partial charge in [-0.05, 0) is 26.1 Å². The molecule has 0 radical (unpaired) electrons. The maximum Gasteiger partial charge on any atom is 0.115 e. The molecule has 0 amide bonds. The van der Waals surface area contributed by atoms with E-state index in [0.717, 1.165) is 10.8 Å². The Bertz CT molecular complexity index is 318. The maximum absolute atomic E-state index is 9.20. The van der Waals surface area contributed by atoms with Gasteiger partial charge in [0.15, 0.2) is 0 Å². The van der Waals surface area contributed by atoms with Crippen LogP contribution in [0.3, 0.4) is 0 Å². The molecule has 1 unspecified atom stereocenters. The number of nitrogens with one attached hydrogen (secondary N) is 1. The molecule has 1 rings (SSSR count). The Balaban J connectivity index is 2.61. The summed E-state index contributed by atoms with van der Waals surface area (Å²) < 4.78 is 0. The summed E-state index contributed by atoms with van der Waals surface area (Å²) in [4.78, 5) is 4.17. The highest BCUT2D eigenvalue weighted by molar-refractivity contribution is 7.99. The van der Waals surface area contributed by atoms with Gasteiger partial charge in [-0.2, -0.15) is 0 Å². The van der Waals surface area contributed by atoms with Crippen LogP contribution in [0.5, 0.6) is 0 Å². The van der Waals surface area contributed by atoms with E-state index in [4.69, 9.17) is 11.6 Å². The normalized spacial score (nSPS) is 14.9. The zero-order chi connectivity index (χ0) is 11.3. The van der Waals surface area contributed by atoms with Crippen LogP contribution in [-0.2, 0) is 0 Å². The predicted octanol–water partition coefficient (Wildman–Crippen LogP) is 1.80. The Kier molecular flexibility index (Phi) is 4.86. The molecule has 1 aromatic heterocycles. The number of aliphatic hydroxyl groups is 1. The van der Waals surface area contributed by atoms with Crippen LogP contribution in [-0.4, -0.2) is 35.0 Å². The van der Waals surface area contributed by atoms with Crippen molar-refractivity contribution in [2.75, 3.05) is 19.4 Å². The van der Waals surface area contributed by atoms with E-state index in [-0.39, 0.29) is 12.1 Å². The van der Waals surface area contributed by atoms with Crippen molar-refractivity contribution >= 4 is 23.4 Å². The second-order valence-electron chi connectivity index (χ2n) is 3.55. The topological polar surface area (TPSA) is 45.1 Å². The molecule has 84 valence electrons. The lowest BCUT2D eigenvalue weighted by Crippen LogP contribution is -2.45. The summed E-state index contributed by atoms with van der Waals surface area (Å²) >= 11 is 7.51. The number of thioether (sulfide) groups is 1. The van der Waals surface area contributed by atoms with Gasteiger partial charge in [0.2, 0.25) is 0 Å². The van der Waals surface area contributed by atoms with Crippen LogP contribution in [0, 0.1) is 0 Å². The van der Waals surface area contributed by atoms with E-state index in [0.29, 0.717) is 5.02 Å². The molecule has 1 heterocycles. The molecular weight excluding hydrogens is 232 g/mol. The van der Waals surface area contributed by atoms with Gasteiger partial charge in [0, 0.05) is 17.5 Å². The number of pyridine rings is 1. The first kappa shape index (κ1) is 12.8. The van der Waals surface area contributed by atoms with Crippen LogP contribution < -0.4 is 5.32 Å². The smallest absolute Gasteiger partial charge is 0.115 e. The SMILES string of the molecule is CNC(C)(CO)CSc1ncccc1Cl. The van der Waals surface area contributed by atoms with Crippen LogP contribution in [0.25, 0.3) is 0 Å². The number of aliphatic hydroxyl groups excluding tert-OH is 1. The minimum absolute atomic E-state index is 0.0843. The van der Waals surface area contributed by atoms with Gasteiger partial charge in [-0.25, -0.2) is 4.98 Å². The molecule has 1 aromatic rings. The molecule has 0 saturated heterocycles. The molecular formula is C10H15ClN2OS. The molecule has 0 aliphatic rings. The van der Waals surface area contributed by atoms with Crippen LogP contribution in [0.4, 0.5) is 0 Å². The predicted molar refractivity (Wildman–Crippen MR) is 64.5 cm³/mol. The highest BCUT2D eigenvalue weighted by Gasteiger charge is 2.21. The molecule has 0 aromatic carbocycles. The Morgan fingerprint density at radius 1 is 1.67 bits per heavy atom. The monoisotopic (exact) mass is 246 g/mol. The number of nitrogens with zero attached hydrogens (tertiary/aromatic N) is 1. The van der Waals surface area contributed by atoms with Gasteiger partial charge < -0.3 is 10.4 Å². The van der Waals surface area contributed by atoms with Gasteiger partial charge in [0.05, 0.1) is 11.6 Å². The van der Waals surface area contributed by atoms with Crippen LogP contribution in [0.1, 0.15) is 6.92 Å². The summed E-state index contributed by atoms with van der Waals surface area (Å²) in [5.41, 5.74) is -0.300. The standard InChI is InChI=1S/C10H15ClN2OS/c1-10(6-14,12-2)7-15-9-8(11)4-3-5-13-9/h3-5,12,14H,6-7H2,1-2H3. The lowest BCUT2D eigenvalue weighted by molar-refractivity contribution is 0.200. The number of rotatable bonds is 5. The molecule has 15 heavy (non-hydrogen) atoms. The molecule has 5 heteroatoms. The van der Waals surface area contributed by atoms with Gasteiger partial charge in [-0.15, -0.1) is 11.8 Å². The van der Waals surface area contributed by atoms with E-state index >= 15 is 0 Å². The number of aromatic nitrogens is 1. The summed E-state index contributed by atoms with van der Waals surface area (Å²) in [6.45, 7) is 2.04. The van der Waals surface area contributed by atoms with Gasteiger partial charge in [-0.3, -0.25) is 0 Å². The van der Waals surface area contributed by atoms with Crippen molar-refractivity contribution in [2.24, 2.45) is 0 Å². The first-order valence-corrected chi connectivity index (χ1v) is 6.01. The zero-order valence-electron chi connectivity index (χ0n) is 8.83. The lowest BCUT2D eigenvalue weighted by atomic mass is 10.1. The second kappa shape index (κ2) is 5.70. The van der Waals surface area contributed by atoms with Crippen molar-refractivity contribution in [2.45, 2.75) is 17.5 Å². The van der Waals surface area contributed by atoms with E-state index in [1.165, 1.54) is 11.8 Å². The van der Waals surface area contributed by atoms with E-state index in [2.05, 4.69) is 10.3 Å². The molecule has 0 spiro atoms. The Morgan fingerprint density at radius 2 is 2.40 bits per heavy atom. The average molecular weight is 247 g/mol. The van der Waals surface area contributed by atoms with E-state index < -0.39 is 0 Å². The van der Waals surface area contributed by atoms with E-state index in [9.17, 15) is 5.11 Å². The summed E-state index contributed by atoms with van der Waals surface area (Å²) in [5.74, 6) is 0.719. The van der Waals surface area contributed by atoms with Gasteiger partial charge in [0.1, 0.15) is 5.03 Å². The number of hydrogen-bond donors (Lipinski definition) is 2. The number of likely N-dealkylation sites (N-methyl/N-ethyl adjacent to an activating group) is 1. The summed E-state index contributed by atoms with van der Waals surface area (Å²) in [5, 5.41) is 13.7. The first-order valence-electron chi connectivity index (χ1n) is 4.64. The van der Waals surface area contributed by atoms with Crippen LogP contribution >= 0.6 is 23.4 Å². The van der Waals surface area contributed by atoms with Crippen molar-refractivity contribution in [3.63, 3.8) is 0 Å². The highest BCUT2D eigenvalue weighted by Crippen LogP contribution is 2.26. The summed E-state index contributed by atoms with van der Waals surface area (Å²) in [6.07, 6.45) is 1.71. The molecule has 0 saturated carbocycles. The summed E-state index contributed by atoms with van der Waals surface area (Å²) in [7, 11) is 1.83. The molecule has 0 aliphatic heterocycles. The van der Waals surface area contributed by atoms with Gasteiger partial charge in [-0.1, -0.05) is 11.6 Å². The Labute approximate surface area is 99.2 Å². The van der Waals surface area contributed by atoms with Crippen LogP contribution in [0.15, 0.2) is 23.4 Å². The highest BCUT2D eigenvalue weighted by atomic mass is 35.5. The average Bonchev–Trinajstić information content (AvgIpc) is 2.28. The molecule has 1 atom stereocenters. The quantitative estimate of drug-likeness (QED) is 0.778. The molecule has 2 N–H and O–H groups in total. The maximum atomic E-state index is 9.20. The first-order chi connectivity index (χ1) is 7.11. The molecule has 3 nitrogen and oxygen atoms in total. The zero-order valence-corrected chi connectivity index (χ0v) is 10.4. The van der Waals surface area contributed by atoms with Crippen LogP contribution in [0.2, 0.25) is 5.02 Å². The van der Waals surface area contributed by atoms with Crippen molar-refractivity contribution < 1.29 is 5.11 Å². The van der Waals surface area contributed by atoms with E-state index in [1.54, 1.807) is 12.3 Å². The van der Waals surface area contributed by atoms with Crippen molar-refractivity contribution in [3.8, 4) is 0 Å². The Morgan fingerprint density at radius 3 is 2.93 bits per heavy atom. The largest absolute Gasteiger partial charge is 0.394 e. The number of halogens is 1. The fourth-order valence-corrected chi connectivity index (χ4v) is 2.22.